The fourth-order valence-electron chi connectivity index (χ4n) is 2.95. The van der Waals surface area contributed by atoms with E-state index in [1.165, 1.54) is 4.90 Å². The maximum absolute atomic E-state index is 12.3. The van der Waals surface area contributed by atoms with Gasteiger partial charge in [-0.15, -0.1) is 0 Å². The Morgan fingerprint density at radius 2 is 2.09 bits per heavy atom. The Balaban J connectivity index is 2.03. The van der Waals surface area contributed by atoms with Gasteiger partial charge in [0, 0.05) is 26.4 Å². The van der Waals surface area contributed by atoms with Gasteiger partial charge >= 0.3 is 6.03 Å². The second-order valence-electron chi connectivity index (χ2n) is 5.72. The van der Waals surface area contributed by atoms with Crippen molar-refractivity contribution in [1.29, 1.82) is 0 Å². The van der Waals surface area contributed by atoms with Crippen LogP contribution in [0.25, 0.3) is 0 Å². The first-order valence-electron chi connectivity index (χ1n) is 7.38. The topological polar surface area (TPSA) is 92.1 Å². The van der Waals surface area contributed by atoms with Crippen LogP contribution in [0.3, 0.4) is 0 Å². The summed E-state index contributed by atoms with van der Waals surface area (Å²) in [6.07, 6.45) is -0.563. The molecule has 1 aromatic heterocycles. The standard InChI is InChI=1S/C14H20N6O3/c1-8-7-9(2)20(17-8)13-15-11-10(19(13)5-6-23-4)12(21)16-14(22)18(11)3/h7,10-11H,5-6H2,1-4H3,(H,16,21,22). The molecule has 124 valence electrons. The number of ether oxygens (including phenoxy) is 1. The van der Waals surface area contributed by atoms with Crippen LogP contribution in [-0.2, 0) is 9.53 Å². The van der Waals surface area contributed by atoms with Crippen LogP contribution in [0.4, 0.5) is 4.79 Å². The maximum atomic E-state index is 12.3. The Hall–Kier alpha value is -2.42. The molecule has 23 heavy (non-hydrogen) atoms. The first-order chi connectivity index (χ1) is 10.9. The number of imide groups is 1. The number of carbonyl (C=O) groups excluding carboxylic acids is 2. The van der Waals surface area contributed by atoms with Crippen LogP contribution in [0.15, 0.2) is 11.1 Å². The monoisotopic (exact) mass is 320 g/mol. The van der Waals surface area contributed by atoms with E-state index < -0.39 is 18.2 Å². The van der Waals surface area contributed by atoms with Gasteiger partial charge in [-0.05, 0) is 19.9 Å². The zero-order valence-corrected chi connectivity index (χ0v) is 13.6. The molecule has 0 radical (unpaired) electrons. The molecule has 9 heteroatoms. The number of hydrogen-bond donors (Lipinski definition) is 1. The Bertz CT molecular complexity index is 682. The van der Waals surface area contributed by atoms with E-state index in [1.54, 1.807) is 18.8 Å². The van der Waals surface area contributed by atoms with Crippen molar-refractivity contribution in [2.24, 2.45) is 4.99 Å². The number of urea groups is 1. The van der Waals surface area contributed by atoms with Crippen LogP contribution < -0.4 is 5.32 Å². The Morgan fingerprint density at radius 1 is 1.35 bits per heavy atom. The fourth-order valence-corrected chi connectivity index (χ4v) is 2.95. The van der Waals surface area contributed by atoms with Gasteiger partial charge in [-0.3, -0.25) is 10.1 Å². The highest BCUT2D eigenvalue weighted by Gasteiger charge is 2.49. The van der Waals surface area contributed by atoms with Crippen LogP contribution in [0.1, 0.15) is 11.4 Å². The molecule has 1 fully saturated rings. The number of rotatable bonds is 3. The van der Waals surface area contributed by atoms with Crippen LogP contribution in [0, 0.1) is 13.8 Å². The van der Waals surface area contributed by atoms with Crippen molar-refractivity contribution in [3.63, 3.8) is 0 Å². The van der Waals surface area contributed by atoms with Crippen LogP contribution >= 0.6 is 0 Å². The fraction of sp³-hybridized carbons (Fsp3) is 0.571. The Morgan fingerprint density at radius 3 is 2.70 bits per heavy atom. The summed E-state index contributed by atoms with van der Waals surface area (Å²) in [5.74, 6) is 0.203. The van der Waals surface area contributed by atoms with Crippen molar-refractivity contribution in [3.8, 4) is 0 Å². The van der Waals surface area contributed by atoms with Crippen molar-refractivity contribution in [1.82, 2.24) is 24.9 Å². The van der Waals surface area contributed by atoms with Gasteiger partial charge in [0.1, 0.15) is 0 Å². The predicted molar refractivity (Wildman–Crippen MR) is 82.0 cm³/mol. The quantitative estimate of drug-likeness (QED) is 0.814. The minimum absolute atomic E-state index is 0.352. The summed E-state index contributed by atoms with van der Waals surface area (Å²) in [7, 11) is 3.23. The number of likely N-dealkylation sites (N-methyl/N-ethyl adjacent to an activating group) is 1. The van der Waals surface area contributed by atoms with Gasteiger partial charge in [0.05, 0.1) is 12.3 Å². The van der Waals surface area contributed by atoms with E-state index in [0.717, 1.165) is 11.4 Å². The number of aromatic nitrogens is 2. The average Bonchev–Trinajstić information content (AvgIpc) is 3.02. The molecule has 0 bridgehead atoms. The molecule has 0 aliphatic carbocycles. The number of nitrogens with zero attached hydrogens (tertiary/aromatic N) is 5. The third kappa shape index (κ3) is 2.46. The van der Waals surface area contributed by atoms with Crippen molar-refractivity contribution >= 4 is 17.9 Å². The van der Waals surface area contributed by atoms with E-state index in [1.807, 2.05) is 24.8 Å². The lowest BCUT2D eigenvalue weighted by molar-refractivity contribution is -0.127. The lowest BCUT2D eigenvalue weighted by atomic mass is 10.1. The molecule has 1 aromatic rings. The number of nitrogens with one attached hydrogen (secondary N) is 1. The number of aryl methyl sites for hydroxylation is 2. The molecule has 2 aliphatic rings. The molecule has 3 rings (SSSR count). The van der Waals surface area contributed by atoms with Gasteiger partial charge in [-0.2, -0.15) is 5.10 Å². The number of aliphatic imine (C=N–C) groups is 1. The van der Waals surface area contributed by atoms with Gasteiger partial charge in [-0.1, -0.05) is 0 Å². The molecule has 9 nitrogen and oxygen atoms in total. The maximum Gasteiger partial charge on any atom is 0.325 e. The van der Waals surface area contributed by atoms with E-state index in [9.17, 15) is 9.59 Å². The number of hydrogen-bond acceptors (Lipinski definition) is 6. The summed E-state index contributed by atoms with van der Waals surface area (Å²) < 4.78 is 6.85. The normalized spacial score (nSPS) is 23.9. The molecule has 3 heterocycles. The lowest BCUT2D eigenvalue weighted by Crippen LogP contribution is -2.64. The lowest BCUT2D eigenvalue weighted by Gasteiger charge is -2.36. The molecular weight excluding hydrogens is 300 g/mol. The second-order valence-corrected chi connectivity index (χ2v) is 5.72. The van der Waals surface area contributed by atoms with Gasteiger partial charge in [0.2, 0.25) is 5.96 Å². The summed E-state index contributed by atoms with van der Waals surface area (Å²) in [5, 5.41) is 6.81. The molecule has 2 atom stereocenters. The summed E-state index contributed by atoms with van der Waals surface area (Å²) in [6.45, 7) is 4.73. The van der Waals surface area contributed by atoms with Crippen molar-refractivity contribution in [2.75, 3.05) is 27.3 Å². The minimum atomic E-state index is -0.577. The van der Waals surface area contributed by atoms with Gasteiger partial charge in [0.25, 0.3) is 5.91 Å². The molecule has 3 amide bonds. The Labute approximate surface area is 133 Å². The SMILES string of the molecule is COCCN1C(n2nc(C)cc2C)=NC2C1C(=O)NC(=O)N2C. The largest absolute Gasteiger partial charge is 0.383 e. The zero-order chi connectivity index (χ0) is 16.7. The number of carbonyl (C=O) groups is 2. The molecule has 1 saturated heterocycles. The molecule has 1 N–H and O–H groups in total. The molecule has 0 saturated carbocycles. The van der Waals surface area contributed by atoms with Crippen molar-refractivity contribution in [2.45, 2.75) is 26.1 Å². The highest BCUT2D eigenvalue weighted by atomic mass is 16.5. The van der Waals surface area contributed by atoms with E-state index in [-0.39, 0.29) is 5.91 Å². The highest BCUT2D eigenvalue weighted by Crippen LogP contribution is 2.25. The van der Waals surface area contributed by atoms with Gasteiger partial charge in [-0.25, -0.2) is 14.5 Å². The van der Waals surface area contributed by atoms with Crippen molar-refractivity contribution < 1.29 is 14.3 Å². The van der Waals surface area contributed by atoms with E-state index in [0.29, 0.717) is 19.1 Å². The van der Waals surface area contributed by atoms with E-state index in [2.05, 4.69) is 15.4 Å². The first-order valence-corrected chi connectivity index (χ1v) is 7.38. The average molecular weight is 320 g/mol. The number of amides is 3. The summed E-state index contributed by atoms with van der Waals surface area (Å²) >= 11 is 0. The number of methoxy groups -OCH3 is 1. The van der Waals surface area contributed by atoms with Gasteiger partial charge in [0.15, 0.2) is 12.2 Å². The molecule has 2 aliphatic heterocycles. The second kappa shape index (κ2) is 5.65. The summed E-state index contributed by atoms with van der Waals surface area (Å²) in [5.41, 5.74) is 1.78. The van der Waals surface area contributed by atoms with Crippen LogP contribution in [0.5, 0.6) is 0 Å². The third-order valence-electron chi connectivity index (χ3n) is 4.07. The number of fused-ring (bicyclic) bond motifs is 1. The highest BCUT2D eigenvalue weighted by molar-refractivity contribution is 6.04. The van der Waals surface area contributed by atoms with Gasteiger partial charge < -0.3 is 14.5 Å². The predicted octanol–water partition coefficient (Wildman–Crippen LogP) is -0.458. The minimum Gasteiger partial charge on any atom is -0.383 e. The smallest absolute Gasteiger partial charge is 0.325 e. The van der Waals surface area contributed by atoms with E-state index in [4.69, 9.17) is 4.74 Å². The Kier molecular flexibility index (Phi) is 3.80. The molecule has 0 spiro atoms. The zero-order valence-electron chi connectivity index (χ0n) is 13.6. The molecule has 0 aromatic carbocycles. The first kappa shape index (κ1) is 15.5. The third-order valence-corrected chi connectivity index (χ3v) is 4.07. The van der Waals surface area contributed by atoms with Crippen LogP contribution in [0.2, 0.25) is 0 Å². The summed E-state index contributed by atoms with van der Waals surface area (Å²) in [6, 6.07) is 0.918. The molecular formula is C14H20N6O3. The van der Waals surface area contributed by atoms with Crippen LogP contribution in [-0.4, -0.2) is 77.0 Å². The molecule has 2 unspecified atom stereocenters. The van der Waals surface area contributed by atoms with Crippen molar-refractivity contribution in [3.05, 3.63) is 17.5 Å². The summed E-state index contributed by atoms with van der Waals surface area (Å²) in [4.78, 5) is 32.0. The van der Waals surface area contributed by atoms with E-state index >= 15 is 0 Å².